The van der Waals surface area contributed by atoms with Crippen LogP contribution in [0, 0.1) is 0 Å². The van der Waals surface area contributed by atoms with Gasteiger partial charge in [0.05, 0.1) is 18.4 Å². The second-order valence-electron chi connectivity index (χ2n) is 7.95. The Morgan fingerprint density at radius 2 is 1.94 bits per heavy atom. The van der Waals surface area contributed by atoms with Crippen LogP contribution in [0.1, 0.15) is 18.1 Å². The van der Waals surface area contributed by atoms with Gasteiger partial charge in [0.25, 0.3) is 5.78 Å². The molecule has 0 bridgehead atoms. The highest BCUT2D eigenvalue weighted by Crippen LogP contribution is 2.22. The number of rotatable bonds is 6. The van der Waals surface area contributed by atoms with E-state index < -0.39 is 0 Å². The molecule has 1 aliphatic rings. The molecule has 7 nitrogen and oxygen atoms in total. The maximum atomic E-state index is 5.66. The van der Waals surface area contributed by atoms with Gasteiger partial charge in [-0.1, -0.05) is 54.6 Å². The van der Waals surface area contributed by atoms with E-state index in [-0.39, 0.29) is 0 Å². The number of nitrogens with zero attached hydrogens (tertiary/aromatic N) is 5. The van der Waals surface area contributed by atoms with E-state index in [9.17, 15) is 0 Å². The lowest BCUT2D eigenvalue weighted by Gasteiger charge is -2.31. The molecule has 5 rings (SSSR count). The van der Waals surface area contributed by atoms with Crippen LogP contribution in [-0.4, -0.2) is 50.3 Å². The molecule has 1 N–H and O–H groups in total. The molecular weight excluding hydrogens is 388 g/mol. The molecule has 1 saturated heterocycles. The number of nitrogens with one attached hydrogen (secondary N) is 1. The van der Waals surface area contributed by atoms with E-state index in [1.165, 1.54) is 17.5 Å². The van der Waals surface area contributed by atoms with Crippen LogP contribution in [0.2, 0.25) is 0 Å². The summed E-state index contributed by atoms with van der Waals surface area (Å²) in [6.45, 7) is 6.54. The van der Waals surface area contributed by atoms with Gasteiger partial charge in [-0.2, -0.15) is 14.6 Å². The van der Waals surface area contributed by atoms with Crippen molar-refractivity contribution in [2.75, 3.05) is 25.0 Å². The van der Waals surface area contributed by atoms with E-state index in [0.717, 1.165) is 43.3 Å². The molecular formula is C24H26N6O. The first kappa shape index (κ1) is 19.7. The normalized spacial score (nSPS) is 17.1. The van der Waals surface area contributed by atoms with Crippen molar-refractivity contribution < 1.29 is 4.74 Å². The second kappa shape index (κ2) is 8.83. The van der Waals surface area contributed by atoms with Gasteiger partial charge in [-0.15, -0.1) is 0 Å². The third-order valence-corrected chi connectivity index (χ3v) is 5.52. The summed E-state index contributed by atoms with van der Waals surface area (Å²) >= 11 is 0. The molecule has 0 radical (unpaired) electrons. The summed E-state index contributed by atoms with van der Waals surface area (Å²) in [4.78, 5) is 11.4. The van der Waals surface area contributed by atoms with Gasteiger partial charge in [-0.25, -0.2) is 4.98 Å². The summed E-state index contributed by atoms with van der Waals surface area (Å²) in [7, 11) is 0. The molecule has 158 valence electrons. The minimum atomic E-state index is 0.300. The highest BCUT2D eigenvalue weighted by Gasteiger charge is 2.16. The molecule has 1 unspecified atom stereocenters. The van der Waals surface area contributed by atoms with Gasteiger partial charge in [-0.05, 0) is 18.1 Å². The van der Waals surface area contributed by atoms with Crippen molar-refractivity contribution >= 4 is 11.6 Å². The molecule has 7 heteroatoms. The second-order valence-corrected chi connectivity index (χ2v) is 7.95. The van der Waals surface area contributed by atoms with Crippen LogP contribution >= 0.6 is 0 Å². The standard InChI is InChI=1S/C24H26N6O/c1-18-15-29(10-11-31-18)16-20-7-5-6-19(12-20)14-25-23-13-22(21-8-3-2-4-9-21)28-24-26-17-27-30(23)24/h2-9,12-13,17-18,25H,10-11,14-16H2,1H3. The van der Waals surface area contributed by atoms with Crippen molar-refractivity contribution in [2.24, 2.45) is 0 Å². The van der Waals surface area contributed by atoms with E-state index in [0.29, 0.717) is 18.4 Å². The molecule has 2 aromatic heterocycles. The molecule has 0 spiro atoms. The van der Waals surface area contributed by atoms with E-state index in [1.807, 2.05) is 24.3 Å². The average Bonchev–Trinajstić information content (AvgIpc) is 3.27. The molecule has 1 aliphatic heterocycles. The van der Waals surface area contributed by atoms with Crippen molar-refractivity contribution in [3.05, 3.63) is 78.1 Å². The number of fused-ring (bicyclic) bond motifs is 1. The van der Waals surface area contributed by atoms with E-state index >= 15 is 0 Å². The lowest BCUT2D eigenvalue weighted by Crippen LogP contribution is -2.40. The fourth-order valence-corrected chi connectivity index (χ4v) is 4.02. The molecule has 0 aliphatic carbocycles. The minimum Gasteiger partial charge on any atom is -0.376 e. The molecule has 2 aromatic carbocycles. The van der Waals surface area contributed by atoms with Gasteiger partial charge >= 0.3 is 0 Å². The summed E-state index contributed by atoms with van der Waals surface area (Å²) in [6, 6.07) is 20.9. The summed E-state index contributed by atoms with van der Waals surface area (Å²) in [5.41, 5.74) is 4.47. The van der Waals surface area contributed by atoms with Gasteiger partial charge in [0.2, 0.25) is 0 Å². The number of hydrogen-bond donors (Lipinski definition) is 1. The predicted octanol–water partition coefficient (Wildman–Crippen LogP) is 3.62. The summed E-state index contributed by atoms with van der Waals surface area (Å²) in [6.07, 6.45) is 1.83. The lowest BCUT2D eigenvalue weighted by molar-refractivity contribution is -0.0212. The van der Waals surface area contributed by atoms with E-state index in [4.69, 9.17) is 4.74 Å². The molecule has 1 fully saturated rings. The molecule has 0 saturated carbocycles. The third-order valence-electron chi connectivity index (χ3n) is 5.52. The maximum Gasteiger partial charge on any atom is 0.254 e. The fourth-order valence-electron chi connectivity index (χ4n) is 4.02. The average molecular weight is 415 g/mol. The highest BCUT2D eigenvalue weighted by molar-refractivity contribution is 5.65. The van der Waals surface area contributed by atoms with Crippen LogP contribution in [0.5, 0.6) is 0 Å². The Morgan fingerprint density at radius 3 is 2.81 bits per heavy atom. The number of morpholine rings is 1. The van der Waals surface area contributed by atoms with Crippen LogP contribution in [-0.2, 0) is 17.8 Å². The monoisotopic (exact) mass is 414 g/mol. The van der Waals surface area contributed by atoms with E-state index in [2.05, 4.69) is 68.6 Å². The number of ether oxygens (including phenoxy) is 1. The van der Waals surface area contributed by atoms with Crippen molar-refractivity contribution in [1.82, 2.24) is 24.5 Å². The first-order chi connectivity index (χ1) is 15.2. The quantitative estimate of drug-likeness (QED) is 0.520. The zero-order valence-corrected chi connectivity index (χ0v) is 17.6. The van der Waals surface area contributed by atoms with Crippen LogP contribution in [0.3, 0.4) is 0 Å². The predicted molar refractivity (Wildman–Crippen MR) is 121 cm³/mol. The first-order valence-electron chi connectivity index (χ1n) is 10.7. The maximum absolute atomic E-state index is 5.66. The van der Waals surface area contributed by atoms with Gasteiger partial charge < -0.3 is 10.1 Å². The first-order valence-corrected chi connectivity index (χ1v) is 10.7. The largest absolute Gasteiger partial charge is 0.376 e. The van der Waals surface area contributed by atoms with Crippen LogP contribution in [0.4, 0.5) is 5.82 Å². The number of aromatic nitrogens is 4. The summed E-state index contributed by atoms with van der Waals surface area (Å²) in [5, 5.41) is 7.85. The molecule has 1 atom stereocenters. The SMILES string of the molecule is CC1CN(Cc2cccc(CNc3cc(-c4ccccc4)nc4ncnn34)c2)CCO1. The Morgan fingerprint density at radius 1 is 1.06 bits per heavy atom. The van der Waals surface area contributed by atoms with E-state index in [1.54, 1.807) is 4.52 Å². The Kier molecular flexibility index (Phi) is 5.60. The lowest BCUT2D eigenvalue weighted by atomic mass is 10.1. The van der Waals surface area contributed by atoms with Crippen LogP contribution in [0.25, 0.3) is 17.0 Å². The van der Waals surface area contributed by atoms with Gasteiger partial charge in [0.15, 0.2) is 0 Å². The summed E-state index contributed by atoms with van der Waals surface area (Å²) < 4.78 is 7.40. The van der Waals surface area contributed by atoms with Crippen molar-refractivity contribution in [1.29, 1.82) is 0 Å². The molecule has 0 amide bonds. The molecule has 4 aromatic rings. The Hall–Kier alpha value is -3.29. The van der Waals surface area contributed by atoms with Gasteiger partial charge in [0, 0.05) is 37.8 Å². The van der Waals surface area contributed by atoms with Crippen LogP contribution < -0.4 is 5.32 Å². The fraction of sp³-hybridized carbons (Fsp3) is 0.292. The zero-order valence-electron chi connectivity index (χ0n) is 17.6. The summed E-state index contributed by atoms with van der Waals surface area (Å²) in [5.74, 6) is 1.45. The van der Waals surface area contributed by atoms with Gasteiger partial charge in [-0.3, -0.25) is 4.90 Å². The molecule has 31 heavy (non-hydrogen) atoms. The number of hydrogen-bond acceptors (Lipinski definition) is 6. The Balaban J connectivity index is 1.33. The number of benzene rings is 2. The van der Waals surface area contributed by atoms with Crippen molar-refractivity contribution in [3.63, 3.8) is 0 Å². The van der Waals surface area contributed by atoms with Crippen molar-refractivity contribution in [2.45, 2.75) is 26.1 Å². The zero-order chi connectivity index (χ0) is 21.0. The van der Waals surface area contributed by atoms with Crippen molar-refractivity contribution in [3.8, 4) is 11.3 Å². The topological polar surface area (TPSA) is 67.6 Å². The Labute approximate surface area is 181 Å². The number of anilines is 1. The third kappa shape index (κ3) is 4.57. The highest BCUT2D eigenvalue weighted by atomic mass is 16.5. The molecule has 3 heterocycles. The minimum absolute atomic E-state index is 0.300. The Bertz CT molecular complexity index is 1160. The smallest absolute Gasteiger partial charge is 0.254 e. The van der Waals surface area contributed by atoms with Crippen LogP contribution in [0.15, 0.2) is 67.0 Å². The van der Waals surface area contributed by atoms with Gasteiger partial charge in [0.1, 0.15) is 12.1 Å².